The van der Waals surface area contributed by atoms with Gasteiger partial charge < -0.3 is 10.0 Å². The average Bonchev–Trinajstić information content (AvgIpc) is 2.97. The average molecular weight is 406 g/mol. The number of para-hydroxylation sites is 1. The summed E-state index contributed by atoms with van der Waals surface area (Å²) in [6, 6.07) is 23.0. The van der Waals surface area contributed by atoms with E-state index in [1.54, 1.807) is 61.5 Å². The summed E-state index contributed by atoms with van der Waals surface area (Å²) in [7, 11) is 0. The number of halogens is 1. The van der Waals surface area contributed by atoms with Gasteiger partial charge in [-0.1, -0.05) is 79.2 Å². The standard InChI is InChI=1S/C24H20ClNO3/c1-16(22(27)18-7-3-2-4-8-18)24(29)20-9-5-6-10-21(20)26(23(24)28)15-17-11-13-19(25)14-12-17/h2-14,16,29H,15H2,1H3/t16-,24-/m0/s1. The molecule has 1 amide bonds. The van der Waals surface area contributed by atoms with Crippen LogP contribution in [0.3, 0.4) is 0 Å². The molecular weight excluding hydrogens is 386 g/mol. The van der Waals surface area contributed by atoms with Gasteiger partial charge in [0.25, 0.3) is 5.91 Å². The number of carbonyl (C=O) groups excluding carboxylic acids is 2. The Balaban J connectivity index is 1.73. The van der Waals surface area contributed by atoms with Crippen molar-refractivity contribution < 1.29 is 14.7 Å². The lowest BCUT2D eigenvalue weighted by Gasteiger charge is -2.28. The molecule has 0 aliphatic carbocycles. The number of nitrogens with zero attached hydrogens (tertiary/aromatic N) is 1. The number of anilines is 1. The third kappa shape index (κ3) is 3.24. The van der Waals surface area contributed by atoms with E-state index in [0.29, 0.717) is 21.8 Å². The number of aliphatic hydroxyl groups is 1. The van der Waals surface area contributed by atoms with Gasteiger partial charge in [0.05, 0.1) is 18.2 Å². The van der Waals surface area contributed by atoms with Crippen molar-refractivity contribution in [1.29, 1.82) is 0 Å². The van der Waals surface area contributed by atoms with E-state index in [9.17, 15) is 14.7 Å². The largest absolute Gasteiger partial charge is 0.375 e. The first-order valence-corrected chi connectivity index (χ1v) is 9.78. The molecule has 4 rings (SSSR count). The molecule has 146 valence electrons. The Morgan fingerprint density at radius 1 is 1.00 bits per heavy atom. The fraction of sp³-hybridized carbons (Fsp3) is 0.167. The minimum absolute atomic E-state index is 0.274. The van der Waals surface area contributed by atoms with Gasteiger partial charge in [0, 0.05) is 16.1 Å². The zero-order chi connectivity index (χ0) is 20.6. The molecule has 1 heterocycles. The summed E-state index contributed by atoms with van der Waals surface area (Å²) in [6.45, 7) is 1.89. The minimum Gasteiger partial charge on any atom is -0.375 e. The molecule has 3 aromatic rings. The van der Waals surface area contributed by atoms with Crippen molar-refractivity contribution in [3.8, 4) is 0 Å². The fourth-order valence-corrected chi connectivity index (χ4v) is 3.98. The van der Waals surface area contributed by atoms with Crippen LogP contribution >= 0.6 is 11.6 Å². The summed E-state index contributed by atoms with van der Waals surface area (Å²) < 4.78 is 0. The van der Waals surface area contributed by atoms with Crippen LogP contribution in [-0.2, 0) is 16.9 Å². The molecule has 3 aromatic carbocycles. The van der Waals surface area contributed by atoms with Crippen LogP contribution < -0.4 is 4.90 Å². The maximum Gasteiger partial charge on any atom is 0.264 e. The van der Waals surface area contributed by atoms with Crippen LogP contribution in [0.25, 0.3) is 0 Å². The van der Waals surface area contributed by atoms with Crippen LogP contribution in [0.4, 0.5) is 5.69 Å². The molecule has 0 radical (unpaired) electrons. The highest BCUT2D eigenvalue weighted by atomic mass is 35.5. The van der Waals surface area contributed by atoms with Gasteiger partial charge in [0.1, 0.15) is 0 Å². The molecule has 2 atom stereocenters. The van der Waals surface area contributed by atoms with Crippen molar-refractivity contribution >= 4 is 29.0 Å². The van der Waals surface area contributed by atoms with Crippen molar-refractivity contribution in [2.24, 2.45) is 5.92 Å². The van der Waals surface area contributed by atoms with Gasteiger partial charge in [0.2, 0.25) is 0 Å². The first-order valence-electron chi connectivity index (χ1n) is 9.40. The van der Waals surface area contributed by atoms with E-state index in [2.05, 4.69) is 0 Å². The highest BCUT2D eigenvalue weighted by molar-refractivity contribution is 6.30. The van der Waals surface area contributed by atoms with E-state index in [-0.39, 0.29) is 12.3 Å². The minimum atomic E-state index is -1.92. The van der Waals surface area contributed by atoms with E-state index >= 15 is 0 Å². The smallest absolute Gasteiger partial charge is 0.264 e. The molecule has 0 saturated carbocycles. The highest BCUT2D eigenvalue weighted by Gasteiger charge is 2.55. The van der Waals surface area contributed by atoms with Crippen molar-refractivity contribution in [2.45, 2.75) is 19.1 Å². The van der Waals surface area contributed by atoms with Crippen molar-refractivity contribution in [3.63, 3.8) is 0 Å². The summed E-state index contributed by atoms with van der Waals surface area (Å²) >= 11 is 5.96. The maximum absolute atomic E-state index is 13.4. The second-order valence-corrected chi connectivity index (χ2v) is 7.69. The van der Waals surface area contributed by atoms with Crippen molar-refractivity contribution in [2.75, 3.05) is 4.90 Å². The molecule has 1 aliphatic heterocycles. The van der Waals surface area contributed by atoms with Gasteiger partial charge in [-0.25, -0.2) is 0 Å². The van der Waals surface area contributed by atoms with E-state index in [1.807, 2.05) is 24.3 Å². The summed E-state index contributed by atoms with van der Waals surface area (Å²) in [4.78, 5) is 28.0. The second kappa shape index (κ2) is 7.47. The Labute approximate surface area is 174 Å². The Hall–Kier alpha value is -2.95. The molecule has 4 nitrogen and oxygen atoms in total. The Bertz CT molecular complexity index is 1060. The number of carbonyl (C=O) groups is 2. The molecule has 1 N–H and O–H groups in total. The van der Waals surface area contributed by atoms with Gasteiger partial charge in [0.15, 0.2) is 11.4 Å². The molecule has 29 heavy (non-hydrogen) atoms. The van der Waals surface area contributed by atoms with Crippen molar-refractivity contribution in [1.82, 2.24) is 0 Å². The molecular formula is C24H20ClNO3. The number of amides is 1. The Morgan fingerprint density at radius 2 is 1.62 bits per heavy atom. The number of hydrogen-bond donors (Lipinski definition) is 1. The van der Waals surface area contributed by atoms with Crippen LogP contribution in [0, 0.1) is 5.92 Å². The van der Waals surface area contributed by atoms with Gasteiger partial charge in [-0.2, -0.15) is 0 Å². The number of benzene rings is 3. The number of Topliss-reactive ketones (excluding diaryl/α,β-unsaturated/α-hetero) is 1. The lowest BCUT2D eigenvalue weighted by Crippen LogP contribution is -2.47. The van der Waals surface area contributed by atoms with E-state index in [4.69, 9.17) is 11.6 Å². The van der Waals surface area contributed by atoms with E-state index in [1.165, 1.54) is 4.90 Å². The summed E-state index contributed by atoms with van der Waals surface area (Å²) in [5, 5.41) is 12.2. The molecule has 1 aliphatic rings. The normalized spacial score (nSPS) is 19.1. The summed E-state index contributed by atoms with van der Waals surface area (Å²) in [5.74, 6) is -1.70. The molecule has 0 unspecified atom stereocenters. The molecule has 0 saturated heterocycles. The van der Waals surface area contributed by atoms with Crippen molar-refractivity contribution in [3.05, 3.63) is 101 Å². The van der Waals surface area contributed by atoms with Gasteiger partial charge in [-0.05, 0) is 23.8 Å². The third-order valence-electron chi connectivity index (χ3n) is 5.51. The lowest BCUT2D eigenvalue weighted by atomic mass is 9.79. The van der Waals surface area contributed by atoms with Crippen LogP contribution in [0.2, 0.25) is 5.02 Å². The molecule has 0 aromatic heterocycles. The third-order valence-corrected chi connectivity index (χ3v) is 5.76. The number of fused-ring (bicyclic) bond motifs is 1. The Kier molecular flexibility index (Phi) is 4.99. The highest BCUT2D eigenvalue weighted by Crippen LogP contribution is 2.46. The monoisotopic (exact) mass is 405 g/mol. The zero-order valence-corrected chi connectivity index (χ0v) is 16.6. The molecule has 0 fully saturated rings. The number of ketones is 1. The zero-order valence-electron chi connectivity index (χ0n) is 15.9. The maximum atomic E-state index is 13.4. The fourth-order valence-electron chi connectivity index (χ4n) is 3.85. The van der Waals surface area contributed by atoms with Crippen LogP contribution in [0.1, 0.15) is 28.4 Å². The first-order chi connectivity index (χ1) is 13.9. The molecule has 0 spiro atoms. The van der Waals surface area contributed by atoms with Gasteiger partial charge in [-0.15, -0.1) is 0 Å². The van der Waals surface area contributed by atoms with Crippen LogP contribution in [0.5, 0.6) is 0 Å². The quantitative estimate of drug-likeness (QED) is 0.631. The van der Waals surface area contributed by atoms with E-state index < -0.39 is 17.4 Å². The number of rotatable bonds is 5. The molecule has 5 heteroatoms. The van der Waals surface area contributed by atoms with Gasteiger partial charge in [-0.3, -0.25) is 9.59 Å². The SMILES string of the molecule is C[C@@H](C(=O)c1ccccc1)[C@@]1(O)C(=O)N(Cc2ccc(Cl)cc2)c2ccccc21. The van der Waals surface area contributed by atoms with Crippen LogP contribution in [-0.4, -0.2) is 16.8 Å². The predicted molar refractivity (Wildman–Crippen MR) is 113 cm³/mol. The van der Waals surface area contributed by atoms with Crippen LogP contribution in [0.15, 0.2) is 78.9 Å². The first kappa shape index (κ1) is 19.4. The lowest BCUT2D eigenvalue weighted by molar-refractivity contribution is -0.139. The Morgan fingerprint density at radius 3 is 2.31 bits per heavy atom. The molecule has 0 bridgehead atoms. The number of hydrogen-bond acceptors (Lipinski definition) is 3. The van der Waals surface area contributed by atoms with E-state index in [0.717, 1.165) is 5.56 Å². The summed E-state index contributed by atoms with van der Waals surface area (Å²) in [5.41, 5.74) is 0.493. The van der Waals surface area contributed by atoms with Gasteiger partial charge >= 0.3 is 0 Å². The predicted octanol–water partition coefficient (Wildman–Crippen LogP) is 4.59. The summed E-state index contributed by atoms with van der Waals surface area (Å²) in [6.07, 6.45) is 0. The second-order valence-electron chi connectivity index (χ2n) is 7.25. The topological polar surface area (TPSA) is 57.6 Å².